The lowest BCUT2D eigenvalue weighted by Crippen LogP contribution is -2.46. The van der Waals surface area contributed by atoms with Crippen molar-refractivity contribution in [3.05, 3.63) is 11.1 Å². The fraction of sp³-hybridized carbons (Fsp3) is 0.857. The van der Waals surface area contributed by atoms with Crippen LogP contribution in [-0.2, 0) is 6.54 Å². The van der Waals surface area contributed by atoms with E-state index in [1.807, 2.05) is 11.3 Å². The van der Waals surface area contributed by atoms with E-state index >= 15 is 0 Å². The van der Waals surface area contributed by atoms with E-state index in [-0.39, 0.29) is 0 Å². The standard InChI is InChI=1S/C21H36N4S/c1-23(2)20-22-13-19(26-20)15-25-12-10-21(17-25)9-6-11-24(16-21)14-18-7-4-3-5-8-18/h13,18H,3-12,14-17H2,1-2H3. The fourth-order valence-electron chi connectivity index (χ4n) is 5.49. The average molecular weight is 377 g/mol. The molecule has 146 valence electrons. The molecule has 2 aliphatic heterocycles. The van der Waals surface area contributed by atoms with Gasteiger partial charge in [-0.05, 0) is 56.5 Å². The molecule has 1 aromatic heterocycles. The Morgan fingerprint density at radius 3 is 2.65 bits per heavy atom. The van der Waals surface area contributed by atoms with E-state index in [1.54, 1.807) is 0 Å². The molecule has 0 aromatic carbocycles. The molecule has 4 nitrogen and oxygen atoms in total. The van der Waals surface area contributed by atoms with Crippen LogP contribution in [0.1, 0.15) is 56.2 Å². The van der Waals surface area contributed by atoms with E-state index in [9.17, 15) is 0 Å². The van der Waals surface area contributed by atoms with Gasteiger partial charge in [0.25, 0.3) is 0 Å². The number of hydrogen-bond acceptors (Lipinski definition) is 5. The Morgan fingerprint density at radius 2 is 1.88 bits per heavy atom. The SMILES string of the molecule is CN(C)c1ncc(CN2CCC3(CCCN(CC4CCCCC4)C3)C2)s1. The number of likely N-dealkylation sites (tertiary alicyclic amines) is 2. The van der Waals surface area contributed by atoms with Crippen molar-refractivity contribution in [2.75, 3.05) is 51.7 Å². The Bertz CT molecular complexity index is 580. The number of rotatable bonds is 5. The quantitative estimate of drug-likeness (QED) is 0.772. The Hall–Kier alpha value is -0.650. The predicted octanol–water partition coefficient (Wildman–Crippen LogP) is 4.08. The first-order valence-electron chi connectivity index (χ1n) is 10.7. The van der Waals surface area contributed by atoms with Crippen LogP contribution >= 0.6 is 11.3 Å². The van der Waals surface area contributed by atoms with Crippen LogP contribution in [0.5, 0.6) is 0 Å². The van der Waals surface area contributed by atoms with Gasteiger partial charge in [0.2, 0.25) is 0 Å². The summed E-state index contributed by atoms with van der Waals surface area (Å²) in [5.74, 6) is 0.984. The molecular weight excluding hydrogens is 340 g/mol. The van der Waals surface area contributed by atoms with Gasteiger partial charge in [0.1, 0.15) is 0 Å². The Morgan fingerprint density at radius 1 is 1.08 bits per heavy atom. The Kier molecular flexibility index (Phi) is 5.87. The van der Waals surface area contributed by atoms with Gasteiger partial charge in [-0.15, -0.1) is 11.3 Å². The highest BCUT2D eigenvalue weighted by atomic mass is 32.1. The van der Waals surface area contributed by atoms with E-state index in [0.717, 1.165) is 17.6 Å². The topological polar surface area (TPSA) is 22.6 Å². The molecule has 1 spiro atoms. The maximum Gasteiger partial charge on any atom is 0.185 e. The second kappa shape index (κ2) is 8.15. The summed E-state index contributed by atoms with van der Waals surface area (Å²) in [6.45, 7) is 7.74. The van der Waals surface area contributed by atoms with Gasteiger partial charge in [-0.1, -0.05) is 19.3 Å². The maximum atomic E-state index is 4.55. The zero-order valence-corrected chi connectivity index (χ0v) is 17.6. The van der Waals surface area contributed by atoms with Gasteiger partial charge in [-0.25, -0.2) is 4.98 Å². The minimum atomic E-state index is 0.571. The van der Waals surface area contributed by atoms with Crippen molar-refractivity contribution in [3.63, 3.8) is 0 Å². The van der Waals surface area contributed by atoms with E-state index in [0.29, 0.717) is 5.41 Å². The molecule has 1 aliphatic carbocycles. The van der Waals surface area contributed by atoms with Gasteiger partial charge >= 0.3 is 0 Å². The molecule has 3 aliphatic rings. The summed E-state index contributed by atoms with van der Waals surface area (Å²) >= 11 is 1.85. The highest BCUT2D eigenvalue weighted by Crippen LogP contribution is 2.40. The van der Waals surface area contributed by atoms with Crippen LogP contribution in [0.4, 0.5) is 5.13 Å². The predicted molar refractivity (Wildman–Crippen MR) is 111 cm³/mol. The molecular formula is C21H36N4S. The minimum absolute atomic E-state index is 0.571. The van der Waals surface area contributed by atoms with Crippen molar-refractivity contribution in [2.24, 2.45) is 11.3 Å². The lowest BCUT2D eigenvalue weighted by molar-refractivity contribution is 0.0738. The first kappa shape index (κ1) is 18.7. The number of thiazole rings is 1. The van der Waals surface area contributed by atoms with Crippen molar-refractivity contribution < 1.29 is 0 Å². The molecule has 5 heteroatoms. The van der Waals surface area contributed by atoms with Crippen LogP contribution in [0.2, 0.25) is 0 Å². The third-order valence-corrected chi connectivity index (χ3v) is 7.95. The normalized spacial score (nSPS) is 28.8. The third kappa shape index (κ3) is 4.42. The molecule has 1 aromatic rings. The van der Waals surface area contributed by atoms with Crippen LogP contribution in [0, 0.1) is 11.3 Å². The lowest BCUT2D eigenvalue weighted by Gasteiger charge is -2.42. The van der Waals surface area contributed by atoms with Crippen LogP contribution in [-0.4, -0.2) is 61.6 Å². The van der Waals surface area contributed by atoms with Gasteiger partial charge in [0.15, 0.2) is 5.13 Å². The van der Waals surface area contributed by atoms with Crippen LogP contribution in [0.15, 0.2) is 6.20 Å². The van der Waals surface area contributed by atoms with Crippen molar-refractivity contribution >= 4 is 16.5 Å². The smallest absolute Gasteiger partial charge is 0.185 e. The molecule has 3 fully saturated rings. The van der Waals surface area contributed by atoms with Crippen LogP contribution in [0.25, 0.3) is 0 Å². The van der Waals surface area contributed by atoms with Gasteiger partial charge in [-0.3, -0.25) is 4.90 Å². The second-order valence-corrected chi connectivity index (χ2v) is 10.4. The zero-order valence-electron chi connectivity index (χ0n) is 16.8. The molecule has 3 heterocycles. The van der Waals surface area contributed by atoms with Crippen LogP contribution in [0.3, 0.4) is 0 Å². The summed E-state index contributed by atoms with van der Waals surface area (Å²) in [5, 5.41) is 1.13. The summed E-state index contributed by atoms with van der Waals surface area (Å²) in [4.78, 5) is 13.6. The Labute approximate surface area is 163 Å². The molecule has 26 heavy (non-hydrogen) atoms. The number of anilines is 1. The molecule has 0 bridgehead atoms. The largest absolute Gasteiger partial charge is 0.354 e. The first-order chi connectivity index (χ1) is 12.6. The van der Waals surface area contributed by atoms with Gasteiger partial charge in [0.05, 0.1) is 0 Å². The molecule has 0 N–H and O–H groups in total. The summed E-state index contributed by atoms with van der Waals surface area (Å²) in [7, 11) is 4.16. The summed E-state index contributed by atoms with van der Waals surface area (Å²) in [5.41, 5.74) is 0.571. The molecule has 2 saturated heterocycles. The Balaban J connectivity index is 1.30. The van der Waals surface area contributed by atoms with Crippen molar-refractivity contribution in [1.82, 2.24) is 14.8 Å². The highest BCUT2D eigenvalue weighted by Gasteiger charge is 2.41. The van der Waals surface area contributed by atoms with Gasteiger partial charge in [0, 0.05) is 51.3 Å². The minimum Gasteiger partial charge on any atom is -0.354 e. The van der Waals surface area contributed by atoms with E-state index in [1.165, 1.54) is 89.0 Å². The molecule has 0 radical (unpaired) electrons. The average Bonchev–Trinajstić information content (AvgIpc) is 3.24. The maximum absolute atomic E-state index is 4.55. The first-order valence-corrected chi connectivity index (χ1v) is 11.5. The summed E-state index contributed by atoms with van der Waals surface area (Å²) in [6, 6.07) is 0. The molecule has 0 amide bonds. The summed E-state index contributed by atoms with van der Waals surface area (Å²) in [6.07, 6.45) is 13.7. The van der Waals surface area contributed by atoms with Crippen LogP contribution < -0.4 is 4.90 Å². The highest BCUT2D eigenvalue weighted by molar-refractivity contribution is 7.15. The van der Waals surface area contributed by atoms with Gasteiger partial charge in [-0.2, -0.15) is 0 Å². The molecule has 1 saturated carbocycles. The number of hydrogen-bond donors (Lipinski definition) is 0. The summed E-state index contributed by atoms with van der Waals surface area (Å²) < 4.78 is 0. The number of nitrogens with zero attached hydrogens (tertiary/aromatic N) is 4. The fourth-order valence-corrected chi connectivity index (χ4v) is 6.37. The van der Waals surface area contributed by atoms with Crippen molar-refractivity contribution in [3.8, 4) is 0 Å². The van der Waals surface area contributed by atoms with Crippen molar-refractivity contribution in [1.29, 1.82) is 0 Å². The second-order valence-electron chi connectivity index (χ2n) is 9.31. The van der Waals surface area contributed by atoms with E-state index in [4.69, 9.17) is 0 Å². The van der Waals surface area contributed by atoms with Crippen molar-refractivity contribution in [2.45, 2.75) is 57.9 Å². The monoisotopic (exact) mass is 376 g/mol. The van der Waals surface area contributed by atoms with Gasteiger partial charge < -0.3 is 9.80 Å². The van der Waals surface area contributed by atoms with E-state index in [2.05, 4.69) is 40.0 Å². The lowest BCUT2D eigenvalue weighted by atomic mass is 9.78. The third-order valence-electron chi connectivity index (χ3n) is 6.80. The van der Waals surface area contributed by atoms with E-state index < -0.39 is 0 Å². The number of piperidine rings is 1. The molecule has 4 rings (SSSR count). The zero-order chi connectivity index (χ0) is 18.0. The number of aromatic nitrogens is 1. The molecule has 1 atom stereocenters. The molecule has 1 unspecified atom stereocenters.